The Kier molecular flexibility index (Phi) is 3.93. The largest absolute Gasteiger partial charge is 0.478 e. The number of halogens is 2. The summed E-state index contributed by atoms with van der Waals surface area (Å²) >= 11 is 11.8. The standard InChI is InChI=1S/C13H9Cl2NO3/c1-7-6-8(14)2-3-10(7)19-12-11(15)9(13(17)18)4-5-16-12/h2-6H,1H3,(H,17,18). The van der Waals surface area contributed by atoms with Crippen LogP contribution in [0.25, 0.3) is 0 Å². The van der Waals surface area contributed by atoms with Gasteiger partial charge in [-0.25, -0.2) is 9.78 Å². The van der Waals surface area contributed by atoms with Crippen molar-refractivity contribution in [3.8, 4) is 11.6 Å². The van der Waals surface area contributed by atoms with Gasteiger partial charge in [-0.05, 0) is 36.8 Å². The van der Waals surface area contributed by atoms with Crippen molar-refractivity contribution in [2.24, 2.45) is 0 Å². The summed E-state index contributed by atoms with van der Waals surface area (Å²) in [5.41, 5.74) is 0.740. The molecule has 0 amide bonds. The Hall–Kier alpha value is -1.78. The van der Waals surface area contributed by atoms with E-state index in [2.05, 4.69) is 4.98 Å². The molecule has 2 rings (SSSR count). The summed E-state index contributed by atoms with van der Waals surface area (Å²) in [7, 11) is 0. The predicted molar refractivity (Wildman–Crippen MR) is 72.5 cm³/mol. The fourth-order valence-electron chi connectivity index (χ4n) is 1.49. The molecule has 1 heterocycles. The first-order valence-electron chi connectivity index (χ1n) is 5.31. The second-order valence-corrected chi connectivity index (χ2v) is 4.61. The van der Waals surface area contributed by atoms with E-state index in [9.17, 15) is 4.79 Å². The Morgan fingerprint density at radius 3 is 2.68 bits per heavy atom. The van der Waals surface area contributed by atoms with E-state index in [0.717, 1.165) is 5.56 Å². The molecule has 0 spiro atoms. The van der Waals surface area contributed by atoms with E-state index in [0.29, 0.717) is 10.8 Å². The molecule has 0 saturated carbocycles. The van der Waals surface area contributed by atoms with Crippen LogP contribution in [0.3, 0.4) is 0 Å². The second kappa shape index (κ2) is 5.47. The minimum Gasteiger partial charge on any atom is -0.478 e. The number of aromatic carboxylic acids is 1. The van der Waals surface area contributed by atoms with Crippen molar-refractivity contribution in [3.63, 3.8) is 0 Å². The van der Waals surface area contributed by atoms with Gasteiger partial charge in [-0.1, -0.05) is 23.2 Å². The number of benzene rings is 1. The fourth-order valence-corrected chi connectivity index (χ4v) is 1.95. The molecule has 1 N–H and O–H groups in total. The van der Waals surface area contributed by atoms with Crippen LogP contribution in [0.1, 0.15) is 15.9 Å². The van der Waals surface area contributed by atoms with Crippen LogP contribution < -0.4 is 4.74 Å². The van der Waals surface area contributed by atoms with E-state index in [-0.39, 0.29) is 16.5 Å². The molecule has 2 aromatic rings. The van der Waals surface area contributed by atoms with Crippen LogP contribution in [0.2, 0.25) is 10.0 Å². The lowest BCUT2D eigenvalue weighted by molar-refractivity contribution is 0.0696. The highest BCUT2D eigenvalue weighted by Crippen LogP contribution is 2.32. The van der Waals surface area contributed by atoms with E-state index >= 15 is 0 Å². The number of hydrogen-bond donors (Lipinski definition) is 1. The first-order chi connectivity index (χ1) is 8.99. The van der Waals surface area contributed by atoms with Crippen molar-refractivity contribution in [2.75, 3.05) is 0 Å². The smallest absolute Gasteiger partial charge is 0.337 e. The molecule has 0 saturated heterocycles. The van der Waals surface area contributed by atoms with Crippen molar-refractivity contribution in [1.82, 2.24) is 4.98 Å². The third kappa shape index (κ3) is 2.97. The molecule has 0 aliphatic rings. The summed E-state index contributed by atoms with van der Waals surface area (Å²) in [6, 6.07) is 6.38. The van der Waals surface area contributed by atoms with Crippen molar-refractivity contribution in [3.05, 3.63) is 51.6 Å². The lowest BCUT2D eigenvalue weighted by atomic mass is 10.2. The zero-order chi connectivity index (χ0) is 14.0. The van der Waals surface area contributed by atoms with Crippen LogP contribution in [0, 0.1) is 6.92 Å². The zero-order valence-electron chi connectivity index (χ0n) is 9.85. The normalized spacial score (nSPS) is 10.3. The highest BCUT2D eigenvalue weighted by atomic mass is 35.5. The number of rotatable bonds is 3. The van der Waals surface area contributed by atoms with Gasteiger partial charge in [0.15, 0.2) is 0 Å². The lowest BCUT2D eigenvalue weighted by Gasteiger charge is -2.10. The Labute approximate surface area is 119 Å². The van der Waals surface area contributed by atoms with Crippen molar-refractivity contribution in [1.29, 1.82) is 0 Å². The van der Waals surface area contributed by atoms with Gasteiger partial charge in [0.05, 0.1) is 5.56 Å². The molecule has 98 valence electrons. The third-order valence-electron chi connectivity index (χ3n) is 2.43. The van der Waals surface area contributed by atoms with Gasteiger partial charge < -0.3 is 9.84 Å². The maximum absolute atomic E-state index is 11.0. The molecule has 4 nitrogen and oxygen atoms in total. The second-order valence-electron chi connectivity index (χ2n) is 3.79. The van der Waals surface area contributed by atoms with Gasteiger partial charge in [-0.3, -0.25) is 0 Å². The Morgan fingerprint density at radius 2 is 2.05 bits per heavy atom. The fraction of sp³-hybridized carbons (Fsp3) is 0.0769. The van der Waals surface area contributed by atoms with E-state index in [1.165, 1.54) is 12.3 Å². The minimum atomic E-state index is -1.13. The number of pyridine rings is 1. The van der Waals surface area contributed by atoms with Gasteiger partial charge in [-0.15, -0.1) is 0 Å². The third-order valence-corrected chi connectivity index (χ3v) is 3.03. The summed E-state index contributed by atoms with van der Waals surface area (Å²) in [6.07, 6.45) is 1.33. The molecule has 0 unspecified atom stereocenters. The van der Waals surface area contributed by atoms with Crippen molar-refractivity contribution >= 4 is 29.2 Å². The molecule has 0 bridgehead atoms. The summed E-state index contributed by atoms with van der Waals surface area (Å²) < 4.78 is 5.52. The van der Waals surface area contributed by atoms with Crippen LogP contribution in [-0.4, -0.2) is 16.1 Å². The van der Waals surface area contributed by atoms with Crippen molar-refractivity contribution in [2.45, 2.75) is 6.92 Å². The number of carboxylic acids is 1. The van der Waals surface area contributed by atoms with Gasteiger partial charge in [0.25, 0.3) is 0 Å². The van der Waals surface area contributed by atoms with E-state index in [1.807, 2.05) is 6.92 Å². The first kappa shape index (κ1) is 13.6. The van der Waals surface area contributed by atoms with Crippen LogP contribution in [0.5, 0.6) is 11.6 Å². The number of carbonyl (C=O) groups is 1. The summed E-state index contributed by atoms with van der Waals surface area (Å²) in [5.74, 6) is -0.571. The highest BCUT2D eigenvalue weighted by Gasteiger charge is 2.15. The molecule has 1 aromatic carbocycles. The molecule has 0 aliphatic heterocycles. The molecule has 0 atom stereocenters. The van der Waals surface area contributed by atoms with Crippen LogP contribution in [-0.2, 0) is 0 Å². The predicted octanol–water partition coefficient (Wildman–Crippen LogP) is 4.19. The average Bonchev–Trinajstić information content (AvgIpc) is 2.34. The molecule has 0 fully saturated rings. The van der Waals surface area contributed by atoms with Gasteiger partial charge >= 0.3 is 5.97 Å². The number of aryl methyl sites for hydroxylation is 1. The topological polar surface area (TPSA) is 59.4 Å². The van der Waals surface area contributed by atoms with Gasteiger partial charge in [-0.2, -0.15) is 0 Å². The SMILES string of the molecule is Cc1cc(Cl)ccc1Oc1nccc(C(=O)O)c1Cl. The molecule has 1 aromatic heterocycles. The van der Waals surface area contributed by atoms with Gasteiger partial charge in [0, 0.05) is 11.2 Å². The number of carboxylic acid groups (broad SMARTS) is 1. The highest BCUT2D eigenvalue weighted by molar-refractivity contribution is 6.34. The maximum Gasteiger partial charge on any atom is 0.337 e. The first-order valence-corrected chi connectivity index (χ1v) is 6.06. The lowest BCUT2D eigenvalue weighted by Crippen LogP contribution is -2.00. The monoisotopic (exact) mass is 297 g/mol. The van der Waals surface area contributed by atoms with E-state index < -0.39 is 5.97 Å². The molecule has 0 aliphatic carbocycles. The molecule has 0 radical (unpaired) electrons. The molecular formula is C13H9Cl2NO3. The summed E-state index contributed by atoms with van der Waals surface area (Å²) in [6.45, 7) is 1.82. The zero-order valence-corrected chi connectivity index (χ0v) is 11.4. The Morgan fingerprint density at radius 1 is 1.32 bits per heavy atom. The van der Waals surface area contributed by atoms with E-state index in [4.69, 9.17) is 33.0 Å². The summed E-state index contributed by atoms with van der Waals surface area (Å²) in [4.78, 5) is 14.9. The van der Waals surface area contributed by atoms with Gasteiger partial charge in [0.2, 0.25) is 5.88 Å². The molecule has 19 heavy (non-hydrogen) atoms. The van der Waals surface area contributed by atoms with Crippen LogP contribution >= 0.6 is 23.2 Å². The van der Waals surface area contributed by atoms with E-state index in [1.54, 1.807) is 18.2 Å². The number of ether oxygens (including phenoxy) is 1. The number of aromatic nitrogens is 1. The summed E-state index contributed by atoms with van der Waals surface area (Å²) in [5, 5.41) is 9.51. The maximum atomic E-state index is 11.0. The van der Waals surface area contributed by atoms with Crippen LogP contribution in [0.4, 0.5) is 0 Å². The quantitative estimate of drug-likeness (QED) is 0.923. The minimum absolute atomic E-state index is 0.0376. The Bertz CT molecular complexity index is 644. The van der Waals surface area contributed by atoms with Crippen molar-refractivity contribution < 1.29 is 14.6 Å². The average molecular weight is 298 g/mol. The number of nitrogens with zero attached hydrogens (tertiary/aromatic N) is 1. The Balaban J connectivity index is 2.38. The van der Waals surface area contributed by atoms with Gasteiger partial charge in [0.1, 0.15) is 10.8 Å². The number of hydrogen-bond acceptors (Lipinski definition) is 3. The molecule has 6 heteroatoms. The van der Waals surface area contributed by atoms with Crippen LogP contribution in [0.15, 0.2) is 30.5 Å². The molecular weight excluding hydrogens is 289 g/mol.